The van der Waals surface area contributed by atoms with Crippen molar-refractivity contribution in [2.75, 3.05) is 0 Å². The van der Waals surface area contributed by atoms with Gasteiger partial charge in [-0.15, -0.1) is 0 Å². The highest BCUT2D eigenvalue weighted by Crippen LogP contribution is 2.15. The number of rotatable bonds is 1. The minimum Gasteiger partial charge on any atom is -0.508 e. The third-order valence-electron chi connectivity index (χ3n) is 1.55. The second kappa shape index (κ2) is 3.25. The molecular weight excluding hydrogens is 124 g/mol. The second-order valence-electron chi connectivity index (χ2n) is 2.41. The van der Waals surface area contributed by atoms with Gasteiger partial charge in [-0.3, -0.25) is 0 Å². The maximum atomic E-state index is 8.95. The first kappa shape index (κ1) is 7.13. The molecule has 0 aromatic heterocycles. The first-order valence-corrected chi connectivity index (χ1v) is 3.53. The Labute approximate surface area is 61.4 Å². The Morgan fingerprint density at radius 2 is 2.50 bits per heavy atom. The van der Waals surface area contributed by atoms with Crippen LogP contribution >= 0.6 is 0 Å². The second-order valence-corrected chi connectivity index (χ2v) is 2.41. The van der Waals surface area contributed by atoms with Crippen molar-refractivity contribution in [2.45, 2.75) is 13.3 Å². The van der Waals surface area contributed by atoms with E-state index in [1.54, 1.807) is 6.08 Å². The highest BCUT2D eigenvalue weighted by atomic mass is 16.3. The van der Waals surface area contributed by atoms with E-state index in [2.05, 4.69) is 6.08 Å². The number of aliphatic hydroxyl groups excluding tert-OH is 1. The predicted octanol–water partition coefficient (Wildman–Crippen LogP) is 2.58. The van der Waals surface area contributed by atoms with E-state index in [4.69, 9.17) is 5.11 Å². The maximum Gasteiger partial charge on any atom is 0.111 e. The zero-order chi connectivity index (χ0) is 7.40. The summed E-state index contributed by atoms with van der Waals surface area (Å²) in [7, 11) is 0. The number of hydrogen-bond acceptors (Lipinski definition) is 1. The predicted molar refractivity (Wildman–Crippen MR) is 42.8 cm³/mol. The van der Waals surface area contributed by atoms with Crippen LogP contribution in [0.1, 0.15) is 13.3 Å². The largest absolute Gasteiger partial charge is 0.508 e. The van der Waals surface area contributed by atoms with E-state index in [1.165, 1.54) is 0 Å². The molecule has 0 radical (unpaired) electrons. The van der Waals surface area contributed by atoms with Crippen LogP contribution in [-0.4, -0.2) is 5.11 Å². The summed E-state index contributed by atoms with van der Waals surface area (Å²) < 4.78 is 0. The lowest BCUT2D eigenvalue weighted by molar-refractivity contribution is 0.424. The molecule has 10 heavy (non-hydrogen) atoms. The van der Waals surface area contributed by atoms with Gasteiger partial charge in [-0.25, -0.2) is 0 Å². The lowest BCUT2D eigenvalue weighted by Crippen LogP contribution is -1.94. The highest BCUT2D eigenvalue weighted by Gasteiger charge is 2.02. The van der Waals surface area contributed by atoms with Crippen LogP contribution in [0.25, 0.3) is 0 Å². The van der Waals surface area contributed by atoms with Crippen molar-refractivity contribution < 1.29 is 5.11 Å². The van der Waals surface area contributed by atoms with E-state index in [9.17, 15) is 0 Å². The molecule has 0 heterocycles. The topological polar surface area (TPSA) is 20.2 Å². The van der Waals surface area contributed by atoms with Crippen molar-refractivity contribution in [3.05, 3.63) is 36.1 Å². The summed E-state index contributed by atoms with van der Waals surface area (Å²) in [6.07, 6.45) is 10.7. The van der Waals surface area contributed by atoms with Crippen molar-refractivity contribution in [1.82, 2.24) is 0 Å². The molecule has 0 aromatic carbocycles. The minimum atomic E-state index is 0.390. The molecule has 1 N–H and O–H groups in total. The van der Waals surface area contributed by atoms with Crippen molar-refractivity contribution in [2.24, 2.45) is 5.92 Å². The zero-order valence-electron chi connectivity index (χ0n) is 6.12. The average molecular weight is 136 g/mol. The summed E-state index contributed by atoms with van der Waals surface area (Å²) in [5, 5.41) is 8.95. The Balaban J connectivity index is 2.52. The van der Waals surface area contributed by atoms with E-state index < -0.39 is 0 Å². The van der Waals surface area contributed by atoms with Crippen LogP contribution in [-0.2, 0) is 0 Å². The summed E-state index contributed by atoms with van der Waals surface area (Å²) in [6, 6.07) is 0. The molecule has 1 aliphatic carbocycles. The van der Waals surface area contributed by atoms with Gasteiger partial charge in [0, 0.05) is 0 Å². The van der Waals surface area contributed by atoms with Gasteiger partial charge in [0.05, 0.1) is 0 Å². The molecule has 1 heteroatoms. The molecule has 1 aliphatic rings. The highest BCUT2D eigenvalue weighted by molar-refractivity contribution is 5.19. The Morgan fingerprint density at radius 3 is 3.00 bits per heavy atom. The summed E-state index contributed by atoms with van der Waals surface area (Å²) in [4.78, 5) is 0. The molecule has 0 spiro atoms. The van der Waals surface area contributed by atoms with E-state index in [0.29, 0.717) is 11.7 Å². The van der Waals surface area contributed by atoms with Crippen molar-refractivity contribution in [3.63, 3.8) is 0 Å². The van der Waals surface area contributed by atoms with Gasteiger partial charge in [-0.2, -0.15) is 0 Å². The summed E-state index contributed by atoms with van der Waals surface area (Å²) in [5.41, 5.74) is 0. The average Bonchev–Trinajstić information content (AvgIpc) is 1.95. The molecule has 1 nitrogen and oxygen atoms in total. The molecule has 0 saturated heterocycles. The van der Waals surface area contributed by atoms with Gasteiger partial charge >= 0.3 is 0 Å². The van der Waals surface area contributed by atoms with Gasteiger partial charge in [0.1, 0.15) is 5.76 Å². The third-order valence-corrected chi connectivity index (χ3v) is 1.55. The monoisotopic (exact) mass is 136 g/mol. The molecule has 0 amide bonds. The summed E-state index contributed by atoms with van der Waals surface area (Å²) in [6.45, 7) is 2.01. The van der Waals surface area contributed by atoms with E-state index in [1.807, 2.05) is 25.2 Å². The first-order chi connectivity index (χ1) is 4.83. The van der Waals surface area contributed by atoms with Gasteiger partial charge in [0.15, 0.2) is 0 Å². The van der Waals surface area contributed by atoms with Crippen LogP contribution in [0.2, 0.25) is 0 Å². The Morgan fingerprint density at radius 1 is 1.70 bits per heavy atom. The number of aliphatic hydroxyl groups is 1. The molecule has 1 atom stereocenters. The zero-order valence-corrected chi connectivity index (χ0v) is 6.12. The molecule has 0 saturated carbocycles. The summed E-state index contributed by atoms with van der Waals surface area (Å²) in [5.74, 6) is 0.877. The lowest BCUT2D eigenvalue weighted by atomic mass is 10.00. The normalized spacial score (nSPS) is 25.3. The minimum absolute atomic E-state index is 0.390. The fourth-order valence-electron chi connectivity index (χ4n) is 1.02. The van der Waals surface area contributed by atoms with Crippen LogP contribution in [0.15, 0.2) is 36.1 Å². The Kier molecular flexibility index (Phi) is 2.32. The van der Waals surface area contributed by atoms with E-state index >= 15 is 0 Å². The van der Waals surface area contributed by atoms with Gasteiger partial charge < -0.3 is 5.11 Å². The quantitative estimate of drug-likeness (QED) is 0.549. The van der Waals surface area contributed by atoms with E-state index in [0.717, 1.165) is 6.42 Å². The standard InChI is InChI=1S/C9H12O/c1-2-3-8-4-6-9(10)7-5-8/h2-4,6-8,10H,5H2,1H3/b3-2+. The molecule has 54 valence electrons. The molecule has 0 fully saturated rings. The number of hydrogen-bond donors (Lipinski definition) is 1. The van der Waals surface area contributed by atoms with Crippen molar-refractivity contribution >= 4 is 0 Å². The fourth-order valence-corrected chi connectivity index (χ4v) is 1.02. The van der Waals surface area contributed by atoms with Crippen LogP contribution in [0.3, 0.4) is 0 Å². The Hall–Kier alpha value is -0.980. The molecular formula is C9H12O. The van der Waals surface area contributed by atoms with Gasteiger partial charge in [-0.05, 0) is 31.4 Å². The molecule has 1 rings (SSSR count). The lowest BCUT2D eigenvalue weighted by Gasteiger charge is -2.07. The number of allylic oxidation sites excluding steroid dienone is 5. The van der Waals surface area contributed by atoms with Gasteiger partial charge in [-0.1, -0.05) is 18.2 Å². The molecule has 0 bridgehead atoms. The van der Waals surface area contributed by atoms with Gasteiger partial charge in [0.25, 0.3) is 0 Å². The van der Waals surface area contributed by atoms with Crippen LogP contribution < -0.4 is 0 Å². The summed E-state index contributed by atoms with van der Waals surface area (Å²) >= 11 is 0. The maximum absolute atomic E-state index is 8.95. The molecule has 0 aliphatic heterocycles. The van der Waals surface area contributed by atoms with Crippen LogP contribution in [0, 0.1) is 5.92 Å². The van der Waals surface area contributed by atoms with E-state index in [-0.39, 0.29) is 0 Å². The van der Waals surface area contributed by atoms with Crippen LogP contribution in [0.4, 0.5) is 0 Å². The van der Waals surface area contributed by atoms with Crippen molar-refractivity contribution in [1.29, 1.82) is 0 Å². The SMILES string of the molecule is C/C=C/C1C=CC(O)=CC1. The fraction of sp³-hybridized carbons (Fsp3) is 0.333. The third kappa shape index (κ3) is 1.76. The molecule has 1 unspecified atom stereocenters. The van der Waals surface area contributed by atoms with Gasteiger partial charge in [0.2, 0.25) is 0 Å². The van der Waals surface area contributed by atoms with Crippen molar-refractivity contribution in [3.8, 4) is 0 Å². The van der Waals surface area contributed by atoms with Crippen LogP contribution in [0.5, 0.6) is 0 Å². The first-order valence-electron chi connectivity index (χ1n) is 3.53. The Bertz CT molecular complexity index is 187. The smallest absolute Gasteiger partial charge is 0.111 e. The molecule has 0 aromatic rings.